The van der Waals surface area contributed by atoms with E-state index in [0.717, 1.165) is 24.8 Å². The number of carbonyl (C=O) groups is 1. The lowest BCUT2D eigenvalue weighted by atomic mass is 9.77. The van der Waals surface area contributed by atoms with E-state index in [2.05, 4.69) is 5.32 Å². The Bertz CT molecular complexity index is 376. The SMILES string of the molecule is CC(NC(=O)C1(N)CCC1)c1ccccc1.Cl. The molecule has 1 unspecified atom stereocenters. The van der Waals surface area contributed by atoms with Gasteiger partial charge in [-0.05, 0) is 31.7 Å². The summed E-state index contributed by atoms with van der Waals surface area (Å²) in [6, 6.07) is 9.95. The molecule has 0 saturated heterocycles. The first-order valence-corrected chi connectivity index (χ1v) is 5.77. The van der Waals surface area contributed by atoms with Crippen molar-refractivity contribution in [1.82, 2.24) is 5.32 Å². The average molecular weight is 255 g/mol. The van der Waals surface area contributed by atoms with Gasteiger partial charge in [0.05, 0.1) is 11.6 Å². The van der Waals surface area contributed by atoms with Crippen LogP contribution < -0.4 is 11.1 Å². The molecule has 0 aromatic heterocycles. The Morgan fingerprint density at radius 2 is 1.94 bits per heavy atom. The van der Waals surface area contributed by atoms with Crippen LogP contribution in [0.5, 0.6) is 0 Å². The minimum Gasteiger partial charge on any atom is -0.348 e. The first-order chi connectivity index (χ1) is 7.62. The fourth-order valence-electron chi connectivity index (χ4n) is 1.95. The minimum atomic E-state index is -0.608. The van der Waals surface area contributed by atoms with Crippen LogP contribution in [0.25, 0.3) is 0 Å². The highest BCUT2D eigenvalue weighted by molar-refractivity contribution is 5.87. The minimum absolute atomic E-state index is 0. The van der Waals surface area contributed by atoms with Gasteiger partial charge in [-0.1, -0.05) is 30.3 Å². The van der Waals surface area contributed by atoms with Crippen molar-refractivity contribution in [3.05, 3.63) is 35.9 Å². The summed E-state index contributed by atoms with van der Waals surface area (Å²) in [6.07, 6.45) is 2.67. The van der Waals surface area contributed by atoms with Crippen molar-refractivity contribution in [2.24, 2.45) is 5.73 Å². The van der Waals surface area contributed by atoms with Crippen LogP contribution in [-0.2, 0) is 4.79 Å². The number of benzene rings is 1. The molecule has 0 spiro atoms. The number of halogens is 1. The first-order valence-electron chi connectivity index (χ1n) is 5.77. The normalized spacial score (nSPS) is 18.5. The molecule has 1 amide bonds. The Morgan fingerprint density at radius 3 is 2.41 bits per heavy atom. The summed E-state index contributed by atoms with van der Waals surface area (Å²) in [5, 5.41) is 2.97. The van der Waals surface area contributed by atoms with Crippen molar-refractivity contribution in [3.8, 4) is 0 Å². The smallest absolute Gasteiger partial charge is 0.240 e. The summed E-state index contributed by atoms with van der Waals surface area (Å²) >= 11 is 0. The van der Waals surface area contributed by atoms with Crippen LogP contribution in [0.3, 0.4) is 0 Å². The Kier molecular flexibility index (Phi) is 4.54. The van der Waals surface area contributed by atoms with E-state index in [1.165, 1.54) is 0 Å². The molecule has 4 heteroatoms. The maximum absolute atomic E-state index is 11.9. The predicted octanol–water partition coefficient (Wildman–Crippen LogP) is 2.17. The molecule has 17 heavy (non-hydrogen) atoms. The molecule has 0 bridgehead atoms. The van der Waals surface area contributed by atoms with E-state index in [1.54, 1.807) is 0 Å². The van der Waals surface area contributed by atoms with Crippen LogP contribution >= 0.6 is 12.4 Å². The third-order valence-electron chi connectivity index (χ3n) is 3.35. The van der Waals surface area contributed by atoms with Crippen LogP contribution in [0.2, 0.25) is 0 Å². The lowest BCUT2D eigenvalue weighted by molar-refractivity contribution is -0.129. The lowest BCUT2D eigenvalue weighted by Crippen LogP contribution is -2.58. The molecule has 1 aromatic carbocycles. The van der Waals surface area contributed by atoms with Gasteiger partial charge in [0.25, 0.3) is 0 Å². The van der Waals surface area contributed by atoms with Gasteiger partial charge in [0.2, 0.25) is 5.91 Å². The standard InChI is InChI=1S/C13H18N2O.ClH/c1-10(11-6-3-2-4-7-11)15-12(16)13(14)8-5-9-13;/h2-4,6-7,10H,5,8-9,14H2,1H3,(H,15,16);1H. The second-order valence-corrected chi connectivity index (χ2v) is 4.62. The number of amides is 1. The van der Waals surface area contributed by atoms with E-state index < -0.39 is 5.54 Å². The number of nitrogens with one attached hydrogen (secondary N) is 1. The topological polar surface area (TPSA) is 55.1 Å². The van der Waals surface area contributed by atoms with E-state index in [0.29, 0.717) is 0 Å². The van der Waals surface area contributed by atoms with Crippen molar-refractivity contribution < 1.29 is 4.79 Å². The van der Waals surface area contributed by atoms with Gasteiger partial charge in [-0.25, -0.2) is 0 Å². The molecule has 0 radical (unpaired) electrons. The molecule has 1 aliphatic carbocycles. The second-order valence-electron chi connectivity index (χ2n) is 4.62. The largest absolute Gasteiger partial charge is 0.348 e. The molecular formula is C13H19ClN2O. The predicted molar refractivity (Wildman–Crippen MR) is 71.0 cm³/mol. The summed E-state index contributed by atoms with van der Waals surface area (Å²) in [5.41, 5.74) is 6.46. The molecule has 94 valence electrons. The highest BCUT2D eigenvalue weighted by Crippen LogP contribution is 2.29. The van der Waals surface area contributed by atoms with E-state index >= 15 is 0 Å². The van der Waals surface area contributed by atoms with Crippen molar-refractivity contribution in [1.29, 1.82) is 0 Å². The number of nitrogens with two attached hydrogens (primary N) is 1. The molecule has 1 aromatic rings. The fraction of sp³-hybridized carbons (Fsp3) is 0.462. The Hall–Kier alpha value is -1.06. The van der Waals surface area contributed by atoms with Crippen LogP contribution in [-0.4, -0.2) is 11.4 Å². The number of hydrogen-bond acceptors (Lipinski definition) is 2. The van der Waals surface area contributed by atoms with E-state index in [-0.39, 0.29) is 24.4 Å². The zero-order valence-electron chi connectivity index (χ0n) is 9.98. The van der Waals surface area contributed by atoms with Crippen molar-refractivity contribution in [3.63, 3.8) is 0 Å². The van der Waals surface area contributed by atoms with E-state index in [9.17, 15) is 4.79 Å². The summed E-state index contributed by atoms with van der Waals surface area (Å²) in [6.45, 7) is 1.98. The summed E-state index contributed by atoms with van der Waals surface area (Å²) in [7, 11) is 0. The molecule has 0 heterocycles. The summed E-state index contributed by atoms with van der Waals surface area (Å²) < 4.78 is 0. The van der Waals surface area contributed by atoms with Crippen molar-refractivity contribution >= 4 is 18.3 Å². The van der Waals surface area contributed by atoms with Gasteiger partial charge < -0.3 is 11.1 Å². The number of rotatable bonds is 3. The number of carbonyl (C=O) groups excluding carboxylic acids is 1. The molecule has 1 saturated carbocycles. The van der Waals surface area contributed by atoms with Crippen molar-refractivity contribution in [2.45, 2.75) is 37.8 Å². The Labute approximate surface area is 108 Å². The highest BCUT2D eigenvalue weighted by Gasteiger charge is 2.40. The maximum atomic E-state index is 11.9. The van der Waals surface area contributed by atoms with E-state index in [4.69, 9.17) is 5.73 Å². The van der Waals surface area contributed by atoms with Crippen LogP contribution in [0.1, 0.15) is 37.8 Å². The van der Waals surface area contributed by atoms with Gasteiger partial charge in [-0.3, -0.25) is 4.79 Å². The van der Waals surface area contributed by atoms with Gasteiger partial charge in [-0.15, -0.1) is 12.4 Å². The van der Waals surface area contributed by atoms with Gasteiger partial charge in [0.1, 0.15) is 0 Å². The number of hydrogen-bond donors (Lipinski definition) is 2. The van der Waals surface area contributed by atoms with Crippen LogP contribution in [0, 0.1) is 0 Å². The maximum Gasteiger partial charge on any atom is 0.240 e. The lowest BCUT2D eigenvalue weighted by Gasteiger charge is -2.37. The van der Waals surface area contributed by atoms with Gasteiger partial charge >= 0.3 is 0 Å². The molecule has 2 rings (SSSR count). The average Bonchev–Trinajstić information content (AvgIpc) is 2.27. The zero-order chi connectivity index (χ0) is 11.6. The molecule has 0 aliphatic heterocycles. The van der Waals surface area contributed by atoms with Crippen LogP contribution in [0.4, 0.5) is 0 Å². The monoisotopic (exact) mass is 254 g/mol. The molecule has 3 N–H and O–H groups in total. The molecule has 1 atom stereocenters. The van der Waals surface area contributed by atoms with Gasteiger partial charge in [0.15, 0.2) is 0 Å². The zero-order valence-corrected chi connectivity index (χ0v) is 10.8. The Balaban J connectivity index is 0.00000144. The van der Waals surface area contributed by atoms with Gasteiger partial charge in [0, 0.05) is 0 Å². The van der Waals surface area contributed by atoms with E-state index in [1.807, 2.05) is 37.3 Å². The second kappa shape index (κ2) is 5.52. The van der Waals surface area contributed by atoms with Crippen LogP contribution in [0.15, 0.2) is 30.3 Å². The molecular weight excluding hydrogens is 236 g/mol. The van der Waals surface area contributed by atoms with Gasteiger partial charge in [-0.2, -0.15) is 0 Å². The summed E-state index contributed by atoms with van der Waals surface area (Å²) in [4.78, 5) is 11.9. The third-order valence-corrected chi connectivity index (χ3v) is 3.35. The summed E-state index contributed by atoms with van der Waals surface area (Å²) in [5.74, 6) is -0.0184. The third kappa shape index (κ3) is 2.99. The Morgan fingerprint density at radius 1 is 1.35 bits per heavy atom. The molecule has 1 fully saturated rings. The van der Waals surface area contributed by atoms with Crippen molar-refractivity contribution in [2.75, 3.05) is 0 Å². The highest BCUT2D eigenvalue weighted by atomic mass is 35.5. The fourth-order valence-corrected chi connectivity index (χ4v) is 1.95. The quantitative estimate of drug-likeness (QED) is 0.869. The molecule has 1 aliphatic rings. The molecule has 3 nitrogen and oxygen atoms in total. The first kappa shape index (κ1) is 14.0.